The van der Waals surface area contributed by atoms with E-state index in [0.29, 0.717) is 0 Å². The molecule has 0 amide bonds. The number of ether oxygens (including phenoxy) is 20. The maximum Gasteiger partial charge on any atom is 0.347 e. The molecule has 0 aliphatic carbocycles. The zero-order chi connectivity index (χ0) is 89.7. The SMILES string of the molecule is CCC(C)(CC(C)(CC(C)(CC(C)(CC(C)(CC(C)(CC(C)(CC(C)(CC(C)(CC(C)(C)C(=O)OC1CCOC1=O)C(=O)OC1CCOC1=O)C(=O)OC1CCOC1=O)C(=O)OC1CCOC1=O)C(=O)OC1CCOC1=O)C(=O)OC1CCOC1=O)C(=O)OC1CCOC1=O)C(=O)OC1CCOC1=O)C(=O)OC1CCOC1=O)C(=O)OC1CCOC1=O. The molecule has 0 bridgehead atoms. The van der Waals surface area contributed by atoms with Gasteiger partial charge in [0.2, 0.25) is 61.0 Å². The quantitative estimate of drug-likeness (QED) is 0.0627. The van der Waals surface area contributed by atoms with Crippen molar-refractivity contribution in [2.75, 3.05) is 66.1 Å². The first-order valence-electron chi connectivity index (χ1n) is 40.8. The summed E-state index contributed by atoms with van der Waals surface area (Å²) in [5.41, 5.74) is -24.4. The number of cyclic esters (lactones) is 10. The molecule has 0 radical (unpaired) electrons. The normalized spacial score (nSPS) is 28.3. The maximum atomic E-state index is 16.4. The second-order valence-corrected chi connectivity index (χ2v) is 36.4. The minimum atomic E-state index is -2.74. The fourth-order valence-corrected chi connectivity index (χ4v) is 18.5. The highest BCUT2D eigenvalue weighted by Gasteiger charge is 2.64. The molecule has 10 heterocycles. The lowest BCUT2D eigenvalue weighted by atomic mass is 9.56. The highest BCUT2D eigenvalue weighted by molar-refractivity contribution is 5.94. The van der Waals surface area contributed by atoms with E-state index in [9.17, 15) is 57.5 Å². The zero-order valence-corrected chi connectivity index (χ0v) is 70.3. The van der Waals surface area contributed by atoms with E-state index >= 15 is 38.4 Å². The fraction of sp³-hybridized carbons (Fsp3) is 0.756. The third-order valence-electron chi connectivity index (χ3n) is 24.2. The maximum absolute atomic E-state index is 16.4. The van der Waals surface area contributed by atoms with E-state index < -0.39 is 292 Å². The molecule has 10 fully saturated rings. The Balaban J connectivity index is 1.16. The molecule has 0 N–H and O–H groups in total. The van der Waals surface area contributed by atoms with Crippen molar-refractivity contribution >= 4 is 119 Å². The van der Waals surface area contributed by atoms with Gasteiger partial charge in [0.15, 0.2) is 0 Å². The Morgan fingerprint density at radius 1 is 0.205 bits per heavy atom. The van der Waals surface area contributed by atoms with Gasteiger partial charge in [-0.1, -0.05) is 6.92 Å². The first-order valence-corrected chi connectivity index (χ1v) is 40.8. The van der Waals surface area contributed by atoms with E-state index in [2.05, 4.69) is 0 Å². The van der Waals surface area contributed by atoms with Crippen LogP contribution >= 0.6 is 0 Å². The second kappa shape index (κ2) is 36.8. The van der Waals surface area contributed by atoms with E-state index in [0.717, 1.165) is 41.5 Å². The molecule has 122 heavy (non-hydrogen) atoms. The summed E-state index contributed by atoms with van der Waals surface area (Å²) in [6.07, 6.45) is -28.0. The van der Waals surface area contributed by atoms with Crippen molar-refractivity contribution in [3.63, 3.8) is 0 Å². The van der Waals surface area contributed by atoms with Crippen LogP contribution in [0.15, 0.2) is 0 Å². The summed E-state index contributed by atoms with van der Waals surface area (Å²) in [6, 6.07) is 0. The average Bonchev–Trinajstić information content (AvgIpc) is 1.31. The van der Waals surface area contributed by atoms with Crippen LogP contribution in [0.25, 0.3) is 0 Å². The summed E-state index contributed by atoms with van der Waals surface area (Å²) >= 11 is 0. The lowest BCUT2D eigenvalue weighted by Crippen LogP contribution is -2.53. The molecule has 19 unspecified atom stereocenters. The number of esters is 20. The van der Waals surface area contributed by atoms with Crippen molar-refractivity contribution in [1.82, 2.24) is 0 Å². The zero-order valence-electron chi connectivity index (χ0n) is 70.3. The van der Waals surface area contributed by atoms with Crippen molar-refractivity contribution < 1.29 is 191 Å². The first kappa shape index (κ1) is 93.7. The van der Waals surface area contributed by atoms with Gasteiger partial charge in [-0.25, -0.2) is 47.9 Å². The predicted octanol–water partition coefficient (Wildman–Crippen LogP) is 3.58. The second-order valence-electron chi connectivity index (χ2n) is 36.4. The third-order valence-corrected chi connectivity index (χ3v) is 24.2. The van der Waals surface area contributed by atoms with Crippen LogP contribution in [0.3, 0.4) is 0 Å². The predicted molar refractivity (Wildman–Crippen MR) is 393 cm³/mol. The number of carbonyl (C=O) groups is 20. The van der Waals surface area contributed by atoms with Gasteiger partial charge in [0, 0.05) is 64.2 Å². The molecule has 40 heteroatoms. The van der Waals surface area contributed by atoms with Crippen LogP contribution in [0, 0.1) is 54.1 Å². The third kappa shape index (κ3) is 21.2. The molecule has 0 spiro atoms. The van der Waals surface area contributed by atoms with Crippen LogP contribution in [-0.2, 0) is 191 Å². The molecule has 10 aliphatic rings. The van der Waals surface area contributed by atoms with Crippen LogP contribution in [0.4, 0.5) is 0 Å². The highest BCUT2D eigenvalue weighted by Crippen LogP contribution is 2.59. The van der Waals surface area contributed by atoms with Crippen molar-refractivity contribution in [3.05, 3.63) is 0 Å². The van der Waals surface area contributed by atoms with Gasteiger partial charge < -0.3 is 94.7 Å². The number of rotatable bonds is 39. The van der Waals surface area contributed by atoms with Gasteiger partial charge in [0.1, 0.15) is 0 Å². The average molecular weight is 1730 g/mol. The summed E-state index contributed by atoms with van der Waals surface area (Å²) < 4.78 is 111. The molecular weight excluding hydrogens is 1620 g/mol. The van der Waals surface area contributed by atoms with E-state index in [-0.39, 0.29) is 137 Å². The van der Waals surface area contributed by atoms with E-state index in [4.69, 9.17) is 94.7 Å². The molecule has 19 atom stereocenters. The van der Waals surface area contributed by atoms with Crippen LogP contribution in [0.5, 0.6) is 0 Å². The first-order chi connectivity index (χ1) is 57.0. The number of hydrogen-bond donors (Lipinski definition) is 0. The minimum absolute atomic E-state index is 0.0611. The largest absolute Gasteiger partial charge is 0.463 e. The Labute approximate surface area is 700 Å². The fourth-order valence-electron chi connectivity index (χ4n) is 18.5. The molecule has 10 saturated heterocycles. The van der Waals surface area contributed by atoms with Crippen molar-refractivity contribution in [2.45, 2.75) is 273 Å². The summed E-state index contributed by atoms with van der Waals surface area (Å²) in [6.45, 7) is 12.1. The Bertz CT molecular complexity index is 4200. The van der Waals surface area contributed by atoms with Gasteiger partial charge in [-0.3, -0.25) is 47.9 Å². The van der Waals surface area contributed by atoms with Gasteiger partial charge in [-0.15, -0.1) is 0 Å². The highest BCUT2D eigenvalue weighted by atomic mass is 16.7. The summed E-state index contributed by atoms with van der Waals surface area (Å²) in [7, 11) is 0. The molecule has 674 valence electrons. The monoisotopic (exact) mass is 1730 g/mol. The van der Waals surface area contributed by atoms with E-state index in [1.54, 1.807) is 0 Å². The molecule has 0 aromatic carbocycles. The summed E-state index contributed by atoms with van der Waals surface area (Å²) in [5.74, 6) is -23.7. The van der Waals surface area contributed by atoms with E-state index in [1.165, 1.54) is 41.5 Å². The van der Waals surface area contributed by atoms with Gasteiger partial charge in [-0.2, -0.15) is 0 Å². The molecular formula is C82H106O40. The summed E-state index contributed by atoms with van der Waals surface area (Å²) in [4.78, 5) is 291. The van der Waals surface area contributed by atoms with Crippen molar-refractivity contribution in [2.24, 2.45) is 54.1 Å². The Morgan fingerprint density at radius 3 is 0.443 bits per heavy atom. The van der Waals surface area contributed by atoms with Gasteiger partial charge >= 0.3 is 119 Å². The van der Waals surface area contributed by atoms with E-state index in [1.807, 2.05) is 0 Å². The Hall–Kier alpha value is -10.6. The van der Waals surface area contributed by atoms with Crippen molar-refractivity contribution in [1.29, 1.82) is 0 Å². The number of hydrogen-bond acceptors (Lipinski definition) is 40. The minimum Gasteiger partial charge on any atom is -0.463 e. The Morgan fingerprint density at radius 2 is 0.320 bits per heavy atom. The standard InChI is InChI=1S/C82H106O40/c1-13-74(4,64(94)114-44-15-25-104-54(44)84)35-76(6,66(96)116-46-17-27-106-56(46)86)37-78(8,68(98)118-48-19-29-108-58(48)88)39-80(10,70(100)120-50-21-31-110-60(50)90)41-82(12,72(102)122-52-23-33-112-62(52)92)42-81(11,71(101)121-51-22-32-111-61(51)91)40-79(9,69(99)119-49-20-30-109-59(49)89)38-77(7,67(97)117-47-18-28-107-57(47)87)36-75(5,65(95)115-45-16-26-105-55(45)85)34-73(2,3)63(93)113-43-14-24-103-53(43)83/h43-52H,13-42H2,1-12H3. The molecule has 0 aromatic rings. The molecule has 0 aromatic heterocycles. The van der Waals surface area contributed by atoms with Crippen LogP contribution in [0.2, 0.25) is 0 Å². The lowest BCUT2D eigenvalue weighted by Gasteiger charge is -2.47. The molecule has 40 nitrogen and oxygen atoms in total. The van der Waals surface area contributed by atoms with Gasteiger partial charge in [-0.05, 0) is 140 Å². The molecule has 0 saturated carbocycles. The topological polar surface area (TPSA) is 526 Å². The van der Waals surface area contributed by atoms with Crippen LogP contribution in [-0.4, -0.2) is 246 Å². The number of carbonyl (C=O) groups excluding carboxylic acids is 20. The van der Waals surface area contributed by atoms with Gasteiger partial charge in [0.25, 0.3) is 0 Å². The molecule has 10 aliphatic heterocycles. The van der Waals surface area contributed by atoms with Crippen LogP contribution in [0.1, 0.15) is 212 Å². The summed E-state index contributed by atoms with van der Waals surface area (Å²) in [5, 5.41) is 0. The lowest BCUT2D eigenvalue weighted by molar-refractivity contribution is -0.188. The van der Waals surface area contributed by atoms with Crippen LogP contribution < -0.4 is 0 Å². The smallest absolute Gasteiger partial charge is 0.347 e. The van der Waals surface area contributed by atoms with Crippen molar-refractivity contribution in [3.8, 4) is 0 Å². The Kier molecular flexibility index (Phi) is 28.3. The molecule has 10 rings (SSSR count). The van der Waals surface area contributed by atoms with Gasteiger partial charge in [0.05, 0.1) is 120 Å².